The summed E-state index contributed by atoms with van der Waals surface area (Å²) in [6.45, 7) is 1.99. The molecule has 2 aromatic carbocycles. The second kappa shape index (κ2) is 5.77. The van der Waals surface area contributed by atoms with Crippen molar-refractivity contribution in [1.29, 1.82) is 5.26 Å². The van der Waals surface area contributed by atoms with E-state index in [1.54, 1.807) is 17.8 Å². The van der Waals surface area contributed by atoms with Gasteiger partial charge >= 0.3 is 0 Å². The van der Waals surface area contributed by atoms with Gasteiger partial charge in [-0.3, -0.25) is 0 Å². The summed E-state index contributed by atoms with van der Waals surface area (Å²) in [6, 6.07) is 12.1. The van der Waals surface area contributed by atoms with E-state index in [0.717, 1.165) is 21.7 Å². The van der Waals surface area contributed by atoms with Gasteiger partial charge in [0.05, 0.1) is 11.6 Å². The van der Waals surface area contributed by atoms with Crippen molar-refractivity contribution in [2.45, 2.75) is 17.6 Å². The Kier molecular flexibility index (Phi) is 4.08. The number of hydrogen-bond donors (Lipinski definition) is 1. The normalized spacial score (nSPS) is 10.2. The van der Waals surface area contributed by atoms with E-state index in [9.17, 15) is 4.39 Å². The molecule has 0 aliphatic carbocycles. The van der Waals surface area contributed by atoms with Crippen molar-refractivity contribution in [2.75, 3.05) is 5.73 Å². The molecule has 0 spiro atoms. The van der Waals surface area contributed by atoms with Gasteiger partial charge in [-0.2, -0.15) is 5.26 Å². The van der Waals surface area contributed by atoms with Gasteiger partial charge in [-0.1, -0.05) is 0 Å². The van der Waals surface area contributed by atoms with Gasteiger partial charge in [0.2, 0.25) is 0 Å². The number of aryl methyl sites for hydroxylation is 1. The van der Waals surface area contributed by atoms with Crippen molar-refractivity contribution in [3.8, 4) is 6.07 Å². The van der Waals surface area contributed by atoms with E-state index in [1.165, 1.54) is 12.1 Å². The Labute approximate surface area is 116 Å². The standard InChI is InChI=1S/C15H13FN2S/c1-10-4-14(18)2-3-15(10)19-9-12-5-11(8-17)6-13(16)7-12/h2-7H,9,18H2,1H3. The minimum Gasteiger partial charge on any atom is -0.399 e. The number of nitrogens with two attached hydrogens (primary N) is 1. The first-order valence-corrected chi connectivity index (χ1v) is 6.75. The van der Waals surface area contributed by atoms with Gasteiger partial charge in [0, 0.05) is 16.3 Å². The van der Waals surface area contributed by atoms with Crippen LogP contribution in [0.25, 0.3) is 0 Å². The Bertz CT molecular complexity index is 647. The number of thioether (sulfide) groups is 1. The Balaban J connectivity index is 2.14. The highest BCUT2D eigenvalue weighted by Gasteiger charge is 2.04. The molecule has 0 atom stereocenters. The Morgan fingerprint density at radius 1 is 1.26 bits per heavy atom. The van der Waals surface area contributed by atoms with E-state index in [1.807, 2.05) is 31.2 Å². The van der Waals surface area contributed by atoms with Crippen molar-refractivity contribution >= 4 is 17.4 Å². The van der Waals surface area contributed by atoms with Gasteiger partial charge in [-0.25, -0.2) is 4.39 Å². The fourth-order valence-electron chi connectivity index (χ4n) is 1.79. The van der Waals surface area contributed by atoms with E-state index in [2.05, 4.69) is 0 Å². The number of benzene rings is 2. The summed E-state index contributed by atoms with van der Waals surface area (Å²) < 4.78 is 13.3. The van der Waals surface area contributed by atoms with Crippen LogP contribution in [0.2, 0.25) is 0 Å². The van der Waals surface area contributed by atoms with Gasteiger partial charge < -0.3 is 5.73 Å². The third-order valence-corrected chi connectivity index (χ3v) is 3.93. The van der Waals surface area contributed by atoms with Crippen molar-refractivity contribution in [1.82, 2.24) is 0 Å². The topological polar surface area (TPSA) is 49.8 Å². The van der Waals surface area contributed by atoms with Crippen molar-refractivity contribution in [3.05, 3.63) is 58.9 Å². The second-order valence-corrected chi connectivity index (χ2v) is 5.29. The number of nitrogens with zero attached hydrogens (tertiary/aromatic N) is 1. The summed E-state index contributed by atoms with van der Waals surface area (Å²) in [7, 11) is 0. The monoisotopic (exact) mass is 272 g/mol. The Morgan fingerprint density at radius 3 is 2.74 bits per heavy atom. The Hall–Kier alpha value is -1.99. The number of halogens is 1. The third-order valence-electron chi connectivity index (χ3n) is 2.68. The summed E-state index contributed by atoms with van der Waals surface area (Å²) in [5.41, 5.74) is 8.69. The minimum atomic E-state index is -0.372. The predicted octanol–water partition coefficient (Wildman–Crippen LogP) is 3.88. The highest BCUT2D eigenvalue weighted by molar-refractivity contribution is 7.98. The fraction of sp³-hybridized carbons (Fsp3) is 0.133. The lowest BCUT2D eigenvalue weighted by Gasteiger charge is -2.07. The van der Waals surface area contributed by atoms with Crippen LogP contribution >= 0.6 is 11.8 Å². The molecule has 0 bridgehead atoms. The van der Waals surface area contributed by atoms with Gasteiger partial charge in [-0.15, -0.1) is 11.8 Å². The zero-order chi connectivity index (χ0) is 13.8. The smallest absolute Gasteiger partial charge is 0.124 e. The average molecular weight is 272 g/mol. The van der Waals surface area contributed by atoms with Crippen molar-refractivity contribution in [2.24, 2.45) is 0 Å². The minimum absolute atomic E-state index is 0.352. The van der Waals surface area contributed by atoms with Crippen LogP contribution in [0, 0.1) is 24.1 Å². The van der Waals surface area contributed by atoms with Gasteiger partial charge in [0.1, 0.15) is 5.82 Å². The van der Waals surface area contributed by atoms with Crippen LogP contribution in [0.15, 0.2) is 41.3 Å². The first-order valence-electron chi connectivity index (χ1n) is 5.77. The molecule has 2 rings (SSSR count). The lowest BCUT2D eigenvalue weighted by atomic mass is 10.1. The molecule has 0 unspecified atom stereocenters. The molecule has 0 heterocycles. The third kappa shape index (κ3) is 3.49. The highest BCUT2D eigenvalue weighted by Crippen LogP contribution is 2.27. The maximum Gasteiger partial charge on any atom is 0.124 e. The van der Waals surface area contributed by atoms with E-state index >= 15 is 0 Å². The second-order valence-electron chi connectivity index (χ2n) is 4.27. The zero-order valence-corrected chi connectivity index (χ0v) is 11.3. The quantitative estimate of drug-likeness (QED) is 0.681. The molecule has 0 aliphatic heterocycles. The molecule has 0 saturated carbocycles. The molecule has 0 fully saturated rings. The van der Waals surface area contributed by atoms with Crippen LogP contribution in [0.4, 0.5) is 10.1 Å². The van der Waals surface area contributed by atoms with E-state index in [0.29, 0.717) is 11.3 Å². The zero-order valence-electron chi connectivity index (χ0n) is 10.5. The molecule has 0 saturated heterocycles. The van der Waals surface area contributed by atoms with Gasteiger partial charge in [-0.05, 0) is 54.4 Å². The molecular weight excluding hydrogens is 259 g/mol. The lowest BCUT2D eigenvalue weighted by Crippen LogP contribution is -1.89. The molecule has 0 aliphatic rings. The number of anilines is 1. The maximum atomic E-state index is 13.3. The molecule has 0 amide bonds. The van der Waals surface area contributed by atoms with Crippen LogP contribution in [0.3, 0.4) is 0 Å². The summed E-state index contributed by atoms with van der Waals surface area (Å²) in [5.74, 6) is 0.251. The maximum absolute atomic E-state index is 13.3. The number of nitriles is 1. The Morgan fingerprint density at radius 2 is 2.05 bits per heavy atom. The van der Waals surface area contributed by atoms with Gasteiger partial charge in [0.15, 0.2) is 0 Å². The van der Waals surface area contributed by atoms with Crippen LogP contribution in [-0.2, 0) is 5.75 Å². The first kappa shape index (κ1) is 13.4. The molecular formula is C15H13FN2S. The van der Waals surface area contributed by atoms with Crippen LogP contribution in [0.1, 0.15) is 16.7 Å². The SMILES string of the molecule is Cc1cc(N)ccc1SCc1cc(F)cc(C#N)c1. The summed E-state index contributed by atoms with van der Waals surface area (Å²) in [4.78, 5) is 1.11. The number of nitrogen functional groups attached to an aromatic ring is 1. The van der Waals surface area contributed by atoms with Crippen LogP contribution < -0.4 is 5.73 Å². The number of rotatable bonds is 3. The molecule has 0 radical (unpaired) electrons. The average Bonchev–Trinajstić information content (AvgIpc) is 2.37. The molecule has 0 aromatic heterocycles. The van der Waals surface area contributed by atoms with Crippen LogP contribution in [0.5, 0.6) is 0 Å². The first-order chi connectivity index (χ1) is 9.08. The fourth-order valence-corrected chi connectivity index (χ4v) is 2.73. The van der Waals surface area contributed by atoms with E-state index in [4.69, 9.17) is 11.0 Å². The van der Waals surface area contributed by atoms with E-state index in [-0.39, 0.29) is 5.82 Å². The molecule has 2 aromatic rings. The summed E-state index contributed by atoms with van der Waals surface area (Å²) >= 11 is 1.61. The van der Waals surface area contributed by atoms with E-state index < -0.39 is 0 Å². The molecule has 2 N–H and O–H groups in total. The van der Waals surface area contributed by atoms with Crippen molar-refractivity contribution in [3.63, 3.8) is 0 Å². The largest absolute Gasteiger partial charge is 0.399 e. The lowest BCUT2D eigenvalue weighted by molar-refractivity contribution is 0.626. The van der Waals surface area contributed by atoms with Crippen LogP contribution in [-0.4, -0.2) is 0 Å². The number of hydrogen-bond acceptors (Lipinski definition) is 3. The predicted molar refractivity (Wildman–Crippen MR) is 76.3 cm³/mol. The van der Waals surface area contributed by atoms with Gasteiger partial charge in [0.25, 0.3) is 0 Å². The highest BCUT2D eigenvalue weighted by atomic mass is 32.2. The molecule has 96 valence electrons. The summed E-state index contributed by atoms with van der Waals surface area (Å²) in [6.07, 6.45) is 0. The van der Waals surface area contributed by atoms with Crippen molar-refractivity contribution < 1.29 is 4.39 Å². The summed E-state index contributed by atoms with van der Waals surface area (Å²) in [5, 5.41) is 8.81. The molecule has 19 heavy (non-hydrogen) atoms. The molecule has 4 heteroatoms. The molecule has 2 nitrogen and oxygen atoms in total.